The molecule has 3 heterocycles. The number of rotatable bonds is 1. The first-order valence-corrected chi connectivity index (χ1v) is 8.05. The number of carbonyl (C=O) groups is 1. The Balaban J connectivity index is 1.49. The number of benzene rings is 1. The summed E-state index contributed by atoms with van der Waals surface area (Å²) in [5, 5.41) is 5.40. The number of nitrogens with one attached hydrogen (secondary N) is 1. The molecule has 0 bridgehead atoms. The van der Waals surface area contributed by atoms with Gasteiger partial charge in [0.1, 0.15) is 17.0 Å². The van der Waals surface area contributed by atoms with Crippen molar-refractivity contribution in [3.63, 3.8) is 0 Å². The quantitative estimate of drug-likeness (QED) is 0.859. The van der Waals surface area contributed by atoms with Gasteiger partial charge >= 0.3 is 6.18 Å². The molecule has 1 N–H and O–H groups in total. The number of carbonyl (C=O) groups excluding carboxylic acids is 1. The third-order valence-corrected chi connectivity index (χ3v) is 4.85. The molecule has 0 unspecified atom stereocenters. The van der Waals surface area contributed by atoms with Crippen molar-refractivity contribution in [3.8, 4) is 5.75 Å². The van der Waals surface area contributed by atoms with Crippen LogP contribution in [0.25, 0.3) is 0 Å². The van der Waals surface area contributed by atoms with Gasteiger partial charge in [-0.3, -0.25) is 9.89 Å². The van der Waals surface area contributed by atoms with Crippen LogP contribution in [0, 0.1) is 0 Å². The summed E-state index contributed by atoms with van der Waals surface area (Å²) in [6.07, 6.45) is -2.25. The minimum absolute atomic E-state index is 0.222. The van der Waals surface area contributed by atoms with Crippen LogP contribution in [0.15, 0.2) is 30.3 Å². The number of aromatic nitrogens is 2. The highest BCUT2D eigenvalue weighted by Crippen LogP contribution is 2.39. The number of amides is 1. The van der Waals surface area contributed by atoms with Gasteiger partial charge in [0.25, 0.3) is 5.91 Å². The van der Waals surface area contributed by atoms with Crippen molar-refractivity contribution in [2.45, 2.75) is 31.0 Å². The van der Waals surface area contributed by atoms with Crippen molar-refractivity contribution in [2.24, 2.45) is 0 Å². The van der Waals surface area contributed by atoms with E-state index in [1.165, 1.54) is 4.90 Å². The highest BCUT2D eigenvalue weighted by molar-refractivity contribution is 5.92. The first-order chi connectivity index (χ1) is 11.9. The molecule has 1 fully saturated rings. The fraction of sp³-hybridized carbons (Fsp3) is 0.412. The molecule has 5 nitrogen and oxygen atoms in total. The topological polar surface area (TPSA) is 58.2 Å². The Morgan fingerprint density at radius 3 is 2.84 bits per heavy atom. The minimum Gasteiger partial charge on any atom is -0.485 e. The van der Waals surface area contributed by atoms with E-state index in [1.54, 1.807) is 0 Å². The minimum atomic E-state index is -4.55. The second-order valence-electron chi connectivity index (χ2n) is 6.53. The third kappa shape index (κ3) is 2.85. The van der Waals surface area contributed by atoms with Crippen molar-refractivity contribution in [1.29, 1.82) is 0 Å². The van der Waals surface area contributed by atoms with Gasteiger partial charge in [0.15, 0.2) is 5.69 Å². The summed E-state index contributed by atoms with van der Waals surface area (Å²) in [4.78, 5) is 14.0. The summed E-state index contributed by atoms with van der Waals surface area (Å²) in [6.45, 7) is 0.795. The number of halogens is 3. The highest BCUT2D eigenvalue weighted by atomic mass is 19.4. The molecular formula is C17H16F3N3O2. The number of aromatic amines is 1. The van der Waals surface area contributed by atoms with Crippen molar-refractivity contribution in [2.75, 3.05) is 13.1 Å². The zero-order valence-electron chi connectivity index (χ0n) is 13.3. The molecule has 0 saturated carbocycles. The van der Waals surface area contributed by atoms with Crippen molar-refractivity contribution >= 4 is 5.91 Å². The van der Waals surface area contributed by atoms with Gasteiger partial charge in [-0.1, -0.05) is 18.2 Å². The zero-order valence-corrected chi connectivity index (χ0v) is 13.3. The number of fused-ring (bicyclic) bond motifs is 1. The molecule has 2 aromatic rings. The molecule has 0 aliphatic carbocycles. The molecule has 8 heteroatoms. The summed E-state index contributed by atoms with van der Waals surface area (Å²) >= 11 is 0. The van der Waals surface area contributed by atoms with Crippen LogP contribution < -0.4 is 4.74 Å². The van der Waals surface area contributed by atoms with Gasteiger partial charge in [0, 0.05) is 19.0 Å². The van der Waals surface area contributed by atoms with Gasteiger partial charge in [-0.15, -0.1) is 0 Å². The lowest BCUT2D eigenvalue weighted by molar-refractivity contribution is -0.141. The maximum absolute atomic E-state index is 12.7. The van der Waals surface area contributed by atoms with E-state index < -0.39 is 23.4 Å². The van der Waals surface area contributed by atoms with Crippen LogP contribution >= 0.6 is 0 Å². The second kappa shape index (κ2) is 5.50. The van der Waals surface area contributed by atoms with Crippen LogP contribution in [-0.2, 0) is 12.6 Å². The van der Waals surface area contributed by atoms with Crippen molar-refractivity contribution in [3.05, 3.63) is 47.3 Å². The van der Waals surface area contributed by atoms with E-state index in [-0.39, 0.29) is 5.69 Å². The molecular weight excluding hydrogens is 335 g/mol. The molecule has 1 saturated heterocycles. The normalized spacial score (nSPS) is 22.8. The van der Waals surface area contributed by atoms with Crippen LogP contribution in [0.1, 0.15) is 34.6 Å². The van der Waals surface area contributed by atoms with Crippen LogP contribution in [0.4, 0.5) is 13.2 Å². The van der Waals surface area contributed by atoms with E-state index in [0.29, 0.717) is 19.5 Å². The zero-order chi connectivity index (χ0) is 17.7. The Kier molecular flexibility index (Phi) is 3.52. The summed E-state index contributed by atoms with van der Waals surface area (Å²) < 4.78 is 44.1. The predicted molar refractivity (Wildman–Crippen MR) is 82.2 cm³/mol. The maximum Gasteiger partial charge on any atom is 0.432 e. The van der Waals surface area contributed by atoms with E-state index in [4.69, 9.17) is 4.74 Å². The lowest BCUT2D eigenvalue weighted by Gasteiger charge is -2.35. The number of hydrogen-bond acceptors (Lipinski definition) is 3. The standard InChI is InChI=1S/C17H16F3N3O2/c18-17(19,20)14-9-12(21-22-14)15(24)23-8-7-16(10-23)6-5-11-3-1-2-4-13(11)25-16/h1-4,9H,5-8,10H2,(H,21,22)/t16-/m0/s1. The summed E-state index contributed by atoms with van der Waals surface area (Å²) in [7, 11) is 0. The van der Waals surface area contributed by atoms with Crippen molar-refractivity contribution in [1.82, 2.24) is 15.1 Å². The average Bonchev–Trinajstić information content (AvgIpc) is 3.22. The lowest BCUT2D eigenvalue weighted by Crippen LogP contribution is -2.43. The molecule has 132 valence electrons. The van der Waals surface area contributed by atoms with Crippen LogP contribution in [-0.4, -0.2) is 39.7 Å². The molecule has 1 aromatic carbocycles. The lowest BCUT2D eigenvalue weighted by atomic mass is 9.90. The first kappa shape index (κ1) is 16.0. The Bertz CT molecular complexity index is 817. The second-order valence-corrected chi connectivity index (χ2v) is 6.53. The van der Waals surface area contributed by atoms with E-state index in [1.807, 2.05) is 29.4 Å². The van der Waals surface area contributed by atoms with Crippen LogP contribution in [0.5, 0.6) is 5.75 Å². The number of H-pyrrole nitrogens is 1. The number of ether oxygens (including phenoxy) is 1. The Labute approximate surface area is 141 Å². The van der Waals surface area contributed by atoms with E-state index in [0.717, 1.165) is 30.2 Å². The monoisotopic (exact) mass is 351 g/mol. The first-order valence-electron chi connectivity index (χ1n) is 8.05. The number of alkyl halides is 3. The SMILES string of the molecule is O=C(c1cc(C(F)(F)F)[nH]n1)N1CC[C@@]2(CCc3ccccc3O2)C1. The molecule has 1 spiro atoms. The molecule has 1 amide bonds. The largest absolute Gasteiger partial charge is 0.485 e. The molecule has 25 heavy (non-hydrogen) atoms. The molecule has 0 radical (unpaired) electrons. The summed E-state index contributed by atoms with van der Waals surface area (Å²) in [5.41, 5.74) is -0.569. The fourth-order valence-electron chi connectivity index (χ4n) is 3.50. The highest BCUT2D eigenvalue weighted by Gasteiger charge is 2.45. The average molecular weight is 351 g/mol. The van der Waals surface area contributed by atoms with Gasteiger partial charge in [-0.05, 0) is 24.5 Å². The van der Waals surface area contributed by atoms with E-state index >= 15 is 0 Å². The van der Waals surface area contributed by atoms with Gasteiger partial charge < -0.3 is 9.64 Å². The van der Waals surface area contributed by atoms with Gasteiger partial charge in [-0.2, -0.15) is 18.3 Å². The van der Waals surface area contributed by atoms with Crippen molar-refractivity contribution < 1.29 is 22.7 Å². The Hall–Kier alpha value is -2.51. The number of likely N-dealkylation sites (tertiary alicyclic amines) is 1. The number of hydrogen-bond donors (Lipinski definition) is 1. The van der Waals surface area contributed by atoms with E-state index in [2.05, 4.69) is 5.10 Å². The fourth-order valence-corrected chi connectivity index (χ4v) is 3.50. The molecule has 1 aromatic heterocycles. The number of nitrogens with zero attached hydrogens (tertiary/aromatic N) is 2. The number of para-hydroxylation sites is 1. The summed E-state index contributed by atoms with van der Waals surface area (Å²) in [5.74, 6) is 0.313. The van der Waals surface area contributed by atoms with Gasteiger partial charge in [0.2, 0.25) is 0 Å². The van der Waals surface area contributed by atoms with Crippen LogP contribution in [0.2, 0.25) is 0 Å². The van der Waals surface area contributed by atoms with Gasteiger partial charge in [0.05, 0.1) is 6.54 Å². The van der Waals surface area contributed by atoms with Crippen LogP contribution in [0.3, 0.4) is 0 Å². The predicted octanol–water partition coefficient (Wildman–Crippen LogP) is 3.04. The molecule has 2 aliphatic heterocycles. The smallest absolute Gasteiger partial charge is 0.432 e. The third-order valence-electron chi connectivity index (χ3n) is 4.85. The summed E-state index contributed by atoms with van der Waals surface area (Å²) in [6, 6.07) is 8.54. The van der Waals surface area contributed by atoms with E-state index in [9.17, 15) is 18.0 Å². The maximum atomic E-state index is 12.7. The molecule has 1 atom stereocenters. The Morgan fingerprint density at radius 1 is 1.28 bits per heavy atom. The molecule has 2 aliphatic rings. The number of aryl methyl sites for hydroxylation is 1. The Morgan fingerprint density at radius 2 is 2.08 bits per heavy atom. The van der Waals surface area contributed by atoms with Gasteiger partial charge in [-0.25, -0.2) is 0 Å². The molecule has 4 rings (SSSR count).